The fraction of sp³-hybridized carbons (Fsp3) is 0.500. The van der Waals surface area contributed by atoms with Crippen molar-refractivity contribution in [2.45, 2.75) is 39.2 Å². The topological polar surface area (TPSA) is 55.1 Å². The van der Waals surface area contributed by atoms with Crippen LogP contribution in [0.4, 0.5) is 0 Å². The molecule has 94 valence electrons. The Kier molecular flexibility index (Phi) is 4.70. The SMILES string of the molecule is CCC(CC)(CN)NC(=O)c1ccccc1C. The summed E-state index contributed by atoms with van der Waals surface area (Å²) in [5, 5.41) is 3.07. The molecule has 3 heteroatoms. The third-order valence-corrected chi connectivity index (χ3v) is 3.51. The van der Waals surface area contributed by atoms with Gasteiger partial charge in [-0.15, -0.1) is 0 Å². The van der Waals surface area contributed by atoms with Crippen LogP contribution in [0.5, 0.6) is 0 Å². The normalized spacial score (nSPS) is 11.3. The highest BCUT2D eigenvalue weighted by atomic mass is 16.1. The maximum atomic E-state index is 12.2. The molecule has 0 radical (unpaired) electrons. The van der Waals surface area contributed by atoms with Gasteiger partial charge in [0.1, 0.15) is 0 Å². The van der Waals surface area contributed by atoms with Crippen molar-refractivity contribution in [3.05, 3.63) is 35.4 Å². The molecule has 0 saturated heterocycles. The van der Waals surface area contributed by atoms with Crippen LogP contribution in [0, 0.1) is 6.92 Å². The lowest BCUT2D eigenvalue weighted by molar-refractivity contribution is 0.0894. The van der Waals surface area contributed by atoms with Gasteiger partial charge in [-0.25, -0.2) is 0 Å². The van der Waals surface area contributed by atoms with E-state index in [2.05, 4.69) is 19.2 Å². The van der Waals surface area contributed by atoms with Crippen LogP contribution in [-0.4, -0.2) is 18.0 Å². The van der Waals surface area contributed by atoms with Crippen molar-refractivity contribution in [3.63, 3.8) is 0 Å². The van der Waals surface area contributed by atoms with Crippen LogP contribution in [0.2, 0.25) is 0 Å². The van der Waals surface area contributed by atoms with E-state index in [0.717, 1.165) is 24.0 Å². The molecule has 0 atom stereocenters. The molecule has 0 aliphatic rings. The van der Waals surface area contributed by atoms with E-state index in [1.54, 1.807) is 0 Å². The van der Waals surface area contributed by atoms with Crippen LogP contribution in [0.1, 0.15) is 42.6 Å². The van der Waals surface area contributed by atoms with Crippen LogP contribution in [-0.2, 0) is 0 Å². The minimum atomic E-state index is -0.278. The van der Waals surface area contributed by atoms with Gasteiger partial charge in [-0.3, -0.25) is 4.79 Å². The Morgan fingerprint density at radius 3 is 2.35 bits per heavy atom. The van der Waals surface area contributed by atoms with E-state index >= 15 is 0 Å². The van der Waals surface area contributed by atoms with Crippen molar-refractivity contribution in [1.82, 2.24) is 5.32 Å². The van der Waals surface area contributed by atoms with E-state index < -0.39 is 0 Å². The highest BCUT2D eigenvalue weighted by molar-refractivity contribution is 5.96. The summed E-state index contributed by atoms with van der Waals surface area (Å²) in [7, 11) is 0. The number of nitrogens with two attached hydrogens (primary N) is 1. The first-order valence-electron chi connectivity index (χ1n) is 6.16. The Bertz CT molecular complexity index is 375. The number of benzene rings is 1. The summed E-state index contributed by atoms with van der Waals surface area (Å²) in [6.45, 7) is 6.51. The van der Waals surface area contributed by atoms with E-state index in [4.69, 9.17) is 5.73 Å². The molecule has 0 heterocycles. The number of carbonyl (C=O) groups is 1. The zero-order valence-electron chi connectivity index (χ0n) is 10.9. The van der Waals surface area contributed by atoms with E-state index in [9.17, 15) is 4.79 Å². The summed E-state index contributed by atoms with van der Waals surface area (Å²) in [5.41, 5.74) is 7.22. The van der Waals surface area contributed by atoms with Crippen molar-refractivity contribution in [1.29, 1.82) is 0 Å². The van der Waals surface area contributed by atoms with Crippen molar-refractivity contribution in [2.75, 3.05) is 6.54 Å². The summed E-state index contributed by atoms with van der Waals surface area (Å²) in [4.78, 5) is 12.2. The summed E-state index contributed by atoms with van der Waals surface area (Å²) in [6, 6.07) is 7.60. The van der Waals surface area contributed by atoms with Gasteiger partial charge >= 0.3 is 0 Å². The van der Waals surface area contributed by atoms with Crippen molar-refractivity contribution >= 4 is 5.91 Å². The molecular formula is C14H22N2O. The van der Waals surface area contributed by atoms with Gasteiger partial charge in [-0.05, 0) is 31.4 Å². The van der Waals surface area contributed by atoms with Crippen LogP contribution < -0.4 is 11.1 Å². The van der Waals surface area contributed by atoms with Crippen LogP contribution in [0.25, 0.3) is 0 Å². The molecule has 0 bridgehead atoms. The van der Waals surface area contributed by atoms with E-state index in [0.29, 0.717) is 6.54 Å². The smallest absolute Gasteiger partial charge is 0.252 e. The second kappa shape index (κ2) is 5.82. The van der Waals surface area contributed by atoms with Gasteiger partial charge in [-0.2, -0.15) is 0 Å². The maximum absolute atomic E-state index is 12.2. The van der Waals surface area contributed by atoms with Gasteiger partial charge in [0.25, 0.3) is 5.91 Å². The molecular weight excluding hydrogens is 212 g/mol. The fourth-order valence-electron chi connectivity index (χ4n) is 1.90. The molecule has 0 aliphatic carbocycles. The first-order chi connectivity index (χ1) is 8.08. The quantitative estimate of drug-likeness (QED) is 0.821. The summed E-state index contributed by atoms with van der Waals surface area (Å²) < 4.78 is 0. The molecule has 3 N–H and O–H groups in total. The van der Waals surface area contributed by atoms with Gasteiger partial charge < -0.3 is 11.1 Å². The molecule has 0 aromatic heterocycles. The summed E-state index contributed by atoms with van der Waals surface area (Å²) >= 11 is 0. The molecule has 0 saturated carbocycles. The van der Waals surface area contributed by atoms with E-state index in [1.165, 1.54) is 0 Å². The second-order valence-electron chi connectivity index (χ2n) is 4.46. The molecule has 1 aromatic carbocycles. The van der Waals surface area contributed by atoms with Gasteiger partial charge in [0.2, 0.25) is 0 Å². The second-order valence-corrected chi connectivity index (χ2v) is 4.46. The Balaban J connectivity index is 2.89. The Morgan fingerprint density at radius 2 is 1.88 bits per heavy atom. The minimum absolute atomic E-state index is 0.0303. The number of carbonyl (C=O) groups excluding carboxylic acids is 1. The first kappa shape index (κ1) is 13.7. The summed E-state index contributed by atoms with van der Waals surface area (Å²) in [5.74, 6) is -0.0303. The molecule has 1 rings (SSSR count). The predicted octanol–water partition coefficient (Wildman–Crippen LogP) is 2.24. The Hall–Kier alpha value is -1.35. The zero-order chi connectivity index (χ0) is 12.9. The van der Waals surface area contributed by atoms with Crippen LogP contribution in [0.3, 0.4) is 0 Å². The Labute approximate surface area is 103 Å². The number of amides is 1. The minimum Gasteiger partial charge on any atom is -0.345 e. The largest absolute Gasteiger partial charge is 0.345 e. The van der Waals surface area contributed by atoms with Crippen molar-refractivity contribution in [3.8, 4) is 0 Å². The van der Waals surface area contributed by atoms with Gasteiger partial charge in [0.15, 0.2) is 0 Å². The highest BCUT2D eigenvalue weighted by Gasteiger charge is 2.26. The molecule has 1 aromatic rings. The number of nitrogens with one attached hydrogen (secondary N) is 1. The molecule has 0 unspecified atom stereocenters. The van der Waals surface area contributed by atoms with E-state index in [1.807, 2.05) is 31.2 Å². The lowest BCUT2D eigenvalue weighted by Crippen LogP contribution is -2.53. The third-order valence-electron chi connectivity index (χ3n) is 3.51. The lowest BCUT2D eigenvalue weighted by atomic mass is 9.92. The van der Waals surface area contributed by atoms with Crippen LogP contribution >= 0.6 is 0 Å². The molecule has 0 aliphatic heterocycles. The van der Waals surface area contributed by atoms with Gasteiger partial charge in [0.05, 0.1) is 5.54 Å². The maximum Gasteiger partial charge on any atom is 0.252 e. The Morgan fingerprint density at radius 1 is 1.29 bits per heavy atom. The monoisotopic (exact) mass is 234 g/mol. The average Bonchev–Trinajstić information content (AvgIpc) is 2.36. The summed E-state index contributed by atoms with van der Waals surface area (Å²) in [6.07, 6.45) is 1.69. The average molecular weight is 234 g/mol. The highest BCUT2D eigenvalue weighted by Crippen LogP contribution is 2.15. The molecule has 17 heavy (non-hydrogen) atoms. The van der Waals surface area contributed by atoms with Crippen molar-refractivity contribution in [2.24, 2.45) is 5.73 Å². The zero-order valence-corrected chi connectivity index (χ0v) is 10.9. The van der Waals surface area contributed by atoms with Gasteiger partial charge in [0, 0.05) is 12.1 Å². The lowest BCUT2D eigenvalue weighted by Gasteiger charge is -2.31. The number of hydrogen-bond donors (Lipinski definition) is 2. The standard InChI is InChI=1S/C14H22N2O/c1-4-14(5-2,10-15)16-13(17)12-9-7-6-8-11(12)3/h6-9H,4-5,10,15H2,1-3H3,(H,16,17). The number of rotatable bonds is 5. The van der Waals surface area contributed by atoms with E-state index in [-0.39, 0.29) is 11.4 Å². The fourth-order valence-corrected chi connectivity index (χ4v) is 1.90. The van der Waals surface area contributed by atoms with Gasteiger partial charge in [-0.1, -0.05) is 32.0 Å². The first-order valence-corrected chi connectivity index (χ1v) is 6.16. The van der Waals surface area contributed by atoms with Crippen LogP contribution in [0.15, 0.2) is 24.3 Å². The number of hydrogen-bond acceptors (Lipinski definition) is 2. The predicted molar refractivity (Wildman–Crippen MR) is 71.0 cm³/mol. The molecule has 3 nitrogen and oxygen atoms in total. The third kappa shape index (κ3) is 3.07. The molecule has 0 fully saturated rings. The molecule has 0 spiro atoms. The molecule has 1 amide bonds. The number of aryl methyl sites for hydroxylation is 1. The van der Waals surface area contributed by atoms with Crippen molar-refractivity contribution < 1.29 is 4.79 Å².